The second kappa shape index (κ2) is 10.4. The van der Waals surface area contributed by atoms with Crippen molar-refractivity contribution in [3.05, 3.63) is 88.0 Å². The molecule has 0 aliphatic heterocycles. The Morgan fingerprint density at radius 2 is 1.85 bits per heavy atom. The highest BCUT2D eigenvalue weighted by Crippen LogP contribution is 2.26. The lowest BCUT2D eigenvalue weighted by molar-refractivity contribution is -0.118. The van der Waals surface area contributed by atoms with Crippen LogP contribution in [0.2, 0.25) is 0 Å². The van der Waals surface area contributed by atoms with Gasteiger partial charge in [-0.1, -0.05) is 48.5 Å². The molecule has 0 bridgehead atoms. The standard InChI is InChI=1S/C24H23N5O2S2/c1-16(29-21(27-28-24(29)32)20-12-7-15-33-20)22(30)26-19-11-6-5-10-18(19)23(31)25-14-13-17-8-3-2-4-9-17/h2-12,15-16H,13-14H2,1H3,(H,25,31)(H,26,30)(H,28,32). The average molecular weight is 478 g/mol. The molecule has 7 nitrogen and oxygen atoms in total. The molecule has 4 rings (SSSR count). The third kappa shape index (κ3) is 5.27. The van der Waals surface area contributed by atoms with Crippen molar-refractivity contribution in [2.75, 3.05) is 11.9 Å². The number of aromatic amines is 1. The predicted octanol–water partition coefficient (Wildman–Crippen LogP) is 4.84. The minimum atomic E-state index is -0.637. The average Bonchev–Trinajstić information content (AvgIpc) is 3.49. The molecule has 1 atom stereocenters. The number of carbonyl (C=O) groups excluding carboxylic acids is 2. The van der Waals surface area contributed by atoms with E-state index in [4.69, 9.17) is 12.2 Å². The first kappa shape index (κ1) is 22.6. The zero-order valence-corrected chi connectivity index (χ0v) is 19.6. The van der Waals surface area contributed by atoms with Gasteiger partial charge in [0, 0.05) is 6.54 Å². The van der Waals surface area contributed by atoms with Gasteiger partial charge in [-0.2, -0.15) is 5.10 Å². The van der Waals surface area contributed by atoms with Gasteiger partial charge in [0.1, 0.15) is 6.04 Å². The molecule has 3 N–H and O–H groups in total. The van der Waals surface area contributed by atoms with E-state index in [1.807, 2.05) is 47.8 Å². The number of para-hydroxylation sites is 1. The molecular formula is C24H23N5O2S2. The first-order chi connectivity index (χ1) is 16.0. The Bertz CT molecular complexity index is 1300. The molecule has 2 heterocycles. The number of nitrogens with one attached hydrogen (secondary N) is 3. The summed E-state index contributed by atoms with van der Waals surface area (Å²) < 4.78 is 2.03. The quantitative estimate of drug-likeness (QED) is 0.317. The van der Waals surface area contributed by atoms with Gasteiger partial charge in [-0.15, -0.1) is 11.3 Å². The van der Waals surface area contributed by atoms with E-state index in [-0.39, 0.29) is 11.8 Å². The van der Waals surface area contributed by atoms with Gasteiger partial charge in [-0.05, 0) is 54.7 Å². The van der Waals surface area contributed by atoms with Crippen LogP contribution in [0, 0.1) is 4.77 Å². The zero-order chi connectivity index (χ0) is 23.2. The summed E-state index contributed by atoms with van der Waals surface area (Å²) in [7, 11) is 0. The molecule has 9 heteroatoms. The molecule has 1 unspecified atom stereocenters. The van der Waals surface area contributed by atoms with E-state index in [0.717, 1.165) is 16.9 Å². The third-order valence-corrected chi connectivity index (χ3v) is 6.34. The van der Waals surface area contributed by atoms with Crippen molar-refractivity contribution in [2.24, 2.45) is 0 Å². The number of rotatable bonds is 8. The molecule has 168 valence electrons. The molecule has 0 aliphatic carbocycles. The Balaban J connectivity index is 1.46. The number of carbonyl (C=O) groups is 2. The molecule has 33 heavy (non-hydrogen) atoms. The van der Waals surface area contributed by atoms with Gasteiger partial charge >= 0.3 is 0 Å². The summed E-state index contributed by atoms with van der Waals surface area (Å²) >= 11 is 6.88. The minimum Gasteiger partial charge on any atom is -0.352 e. The third-order valence-electron chi connectivity index (χ3n) is 5.18. The predicted molar refractivity (Wildman–Crippen MR) is 133 cm³/mol. The van der Waals surface area contributed by atoms with Crippen LogP contribution in [0.15, 0.2) is 72.1 Å². The van der Waals surface area contributed by atoms with E-state index in [2.05, 4.69) is 20.8 Å². The number of aromatic nitrogens is 3. The molecular weight excluding hydrogens is 454 g/mol. The smallest absolute Gasteiger partial charge is 0.253 e. The molecule has 2 amide bonds. The lowest BCUT2D eigenvalue weighted by Crippen LogP contribution is -2.29. The molecule has 2 aromatic heterocycles. The van der Waals surface area contributed by atoms with Crippen LogP contribution in [0.1, 0.15) is 28.9 Å². The summed E-state index contributed by atoms with van der Waals surface area (Å²) in [4.78, 5) is 26.8. The summed E-state index contributed by atoms with van der Waals surface area (Å²) in [6, 6.07) is 20.1. The number of amides is 2. The van der Waals surface area contributed by atoms with Gasteiger partial charge in [0.05, 0.1) is 16.1 Å². The van der Waals surface area contributed by atoms with E-state index in [0.29, 0.717) is 28.4 Å². The highest BCUT2D eigenvalue weighted by molar-refractivity contribution is 7.71. The Kier molecular flexibility index (Phi) is 7.11. The Morgan fingerprint density at radius 1 is 1.09 bits per heavy atom. The maximum Gasteiger partial charge on any atom is 0.253 e. The van der Waals surface area contributed by atoms with Crippen LogP contribution in [0.4, 0.5) is 5.69 Å². The van der Waals surface area contributed by atoms with Crippen molar-refractivity contribution in [1.29, 1.82) is 0 Å². The zero-order valence-electron chi connectivity index (χ0n) is 17.9. The normalized spacial score (nSPS) is 11.7. The van der Waals surface area contributed by atoms with Crippen LogP contribution in [-0.4, -0.2) is 33.1 Å². The van der Waals surface area contributed by atoms with Crippen LogP contribution < -0.4 is 10.6 Å². The highest BCUT2D eigenvalue weighted by atomic mass is 32.1. The highest BCUT2D eigenvalue weighted by Gasteiger charge is 2.23. The maximum atomic E-state index is 13.1. The van der Waals surface area contributed by atoms with Crippen LogP contribution in [0.3, 0.4) is 0 Å². The van der Waals surface area contributed by atoms with E-state index < -0.39 is 6.04 Å². The summed E-state index contributed by atoms with van der Waals surface area (Å²) in [6.07, 6.45) is 0.725. The fraction of sp³-hybridized carbons (Fsp3) is 0.167. The first-order valence-electron chi connectivity index (χ1n) is 10.5. The van der Waals surface area contributed by atoms with E-state index in [1.165, 1.54) is 11.3 Å². The Morgan fingerprint density at radius 3 is 2.61 bits per heavy atom. The van der Waals surface area contributed by atoms with Crippen molar-refractivity contribution >= 4 is 41.1 Å². The first-order valence-corrected chi connectivity index (χ1v) is 11.8. The monoisotopic (exact) mass is 477 g/mol. The number of thiophene rings is 1. The largest absolute Gasteiger partial charge is 0.352 e. The van der Waals surface area contributed by atoms with Gasteiger partial charge in [0.15, 0.2) is 10.6 Å². The molecule has 4 aromatic rings. The van der Waals surface area contributed by atoms with Gasteiger partial charge in [0.25, 0.3) is 5.91 Å². The summed E-state index contributed by atoms with van der Waals surface area (Å²) in [6.45, 7) is 2.25. The SMILES string of the molecule is CC(C(=O)Nc1ccccc1C(=O)NCCc1ccccc1)n1c(-c2cccs2)n[nH]c1=S. The Labute approximate surface area is 200 Å². The second-order valence-corrected chi connectivity index (χ2v) is 8.74. The molecule has 0 fully saturated rings. The minimum absolute atomic E-state index is 0.242. The van der Waals surface area contributed by atoms with Crippen molar-refractivity contribution in [3.63, 3.8) is 0 Å². The fourth-order valence-electron chi connectivity index (χ4n) is 3.45. The maximum absolute atomic E-state index is 13.1. The number of H-pyrrole nitrogens is 1. The van der Waals surface area contributed by atoms with Crippen LogP contribution in [-0.2, 0) is 11.2 Å². The summed E-state index contributed by atoms with van der Waals surface area (Å²) in [5.41, 5.74) is 1.99. The lowest BCUT2D eigenvalue weighted by Gasteiger charge is -2.17. The number of hydrogen-bond donors (Lipinski definition) is 3. The van der Waals surface area contributed by atoms with E-state index >= 15 is 0 Å². The second-order valence-electron chi connectivity index (χ2n) is 7.40. The van der Waals surface area contributed by atoms with Crippen molar-refractivity contribution in [1.82, 2.24) is 20.1 Å². The van der Waals surface area contributed by atoms with Gasteiger partial charge in [0.2, 0.25) is 5.91 Å². The topological polar surface area (TPSA) is 91.8 Å². The van der Waals surface area contributed by atoms with Crippen molar-refractivity contribution in [3.8, 4) is 10.7 Å². The fourth-order valence-corrected chi connectivity index (χ4v) is 4.45. The summed E-state index contributed by atoms with van der Waals surface area (Å²) in [5, 5.41) is 14.8. The van der Waals surface area contributed by atoms with E-state index in [1.54, 1.807) is 35.8 Å². The molecule has 0 spiro atoms. The molecule has 0 aliphatic rings. The molecule has 0 saturated carbocycles. The molecule has 0 radical (unpaired) electrons. The van der Waals surface area contributed by atoms with E-state index in [9.17, 15) is 9.59 Å². The number of nitrogens with zero attached hydrogens (tertiary/aromatic N) is 2. The Hall–Kier alpha value is -3.56. The van der Waals surface area contributed by atoms with Crippen LogP contribution >= 0.6 is 23.6 Å². The number of hydrogen-bond acceptors (Lipinski definition) is 5. The van der Waals surface area contributed by atoms with Gasteiger partial charge < -0.3 is 10.6 Å². The van der Waals surface area contributed by atoms with Crippen LogP contribution in [0.5, 0.6) is 0 Å². The number of anilines is 1. The summed E-state index contributed by atoms with van der Waals surface area (Å²) in [5.74, 6) is 0.0631. The van der Waals surface area contributed by atoms with Gasteiger partial charge in [-0.25, -0.2) is 0 Å². The van der Waals surface area contributed by atoms with Crippen molar-refractivity contribution in [2.45, 2.75) is 19.4 Å². The van der Waals surface area contributed by atoms with Crippen LogP contribution in [0.25, 0.3) is 10.7 Å². The lowest BCUT2D eigenvalue weighted by atomic mass is 10.1. The molecule has 2 aromatic carbocycles. The van der Waals surface area contributed by atoms with Crippen molar-refractivity contribution < 1.29 is 9.59 Å². The molecule has 0 saturated heterocycles. The van der Waals surface area contributed by atoms with Gasteiger partial charge in [-0.3, -0.25) is 19.3 Å². The number of benzene rings is 2.